The molecule has 0 bridgehead atoms. The average molecular weight is 603 g/mol. The number of carbonyl (C=O) groups excluding carboxylic acids is 2. The molecule has 0 unspecified atom stereocenters. The van der Waals surface area contributed by atoms with Gasteiger partial charge in [-0.25, -0.2) is 0 Å². The number of carbonyl (C=O) groups is 2. The fraction of sp³-hybridized carbons (Fsp3) is 0.316. The molecule has 2 fully saturated rings. The lowest BCUT2D eigenvalue weighted by atomic mass is 9.98. The number of ether oxygens (including phenoxy) is 2. The van der Waals surface area contributed by atoms with Crippen LogP contribution in [0.5, 0.6) is 0 Å². The lowest BCUT2D eigenvalue weighted by Crippen LogP contribution is -2.41. The van der Waals surface area contributed by atoms with E-state index in [1.54, 1.807) is 24.3 Å². The zero-order valence-electron chi connectivity index (χ0n) is 25.3. The fourth-order valence-corrected chi connectivity index (χ4v) is 6.71. The molecule has 1 N–H and O–H groups in total. The molecule has 0 aromatic heterocycles. The summed E-state index contributed by atoms with van der Waals surface area (Å²) in [6, 6.07) is 31.2. The van der Waals surface area contributed by atoms with E-state index in [-0.39, 0.29) is 37.2 Å². The zero-order chi connectivity index (χ0) is 30.8. The van der Waals surface area contributed by atoms with Gasteiger partial charge < -0.3 is 19.5 Å². The minimum atomic E-state index is -0.495. The van der Waals surface area contributed by atoms with Crippen LogP contribution in [-0.2, 0) is 22.6 Å². The second kappa shape index (κ2) is 13.1. The normalized spacial score (nSPS) is 22.1. The molecule has 2 saturated heterocycles. The van der Waals surface area contributed by atoms with E-state index in [1.807, 2.05) is 36.4 Å². The van der Waals surface area contributed by atoms with Crippen LogP contribution in [-0.4, -0.2) is 52.5 Å². The van der Waals surface area contributed by atoms with Crippen molar-refractivity contribution in [3.8, 4) is 11.1 Å². The molecule has 3 heterocycles. The van der Waals surface area contributed by atoms with Gasteiger partial charge in [0.25, 0.3) is 11.8 Å². The molecule has 3 aliphatic heterocycles. The maximum Gasteiger partial charge on any atom is 0.261 e. The average Bonchev–Trinajstić information content (AvgIpc) is 3.33. The van der Waals surface area contributed by atoms with E-state index in [9.17, 15) is 14.7 Å². The van der Waals surface area contributed by atoms with Gasteiger partial charge in [-0.15, -0.1) is 0 Å². The molecule has 0 spiro atoms. The molecule has 7 nitrogen and oxygen atoms in total. The number of aliphatic hydroxyl groups excluding tert-OH is 1. The van der Waals surface area contributed by atoms with Crippen LogP contribution in [0.15, 0.2) is 97.1 Å². The van der Waals surface area contributed by atoms with E-state index in [0.29, 0.717) is 11.1 Å². The van der Waals surface area contributed by atoms with Gasteiger partial charge in [-0.3, -0.25) is 14.5 Å². The Labute approximate surface area is 264 Å². The first-order chi connectivity index (χ1) is 22.1. The molecule has 0 radical (unpaired) electrons. The van der Waals surface area contributed by atoms with E-state index < -0.39 is 6.29 Å². The van der Waals surface area contributed by atoms with Gasteiger partial charge in [0.15, 0.2) is 6.29 Å². The third-order valence-electron chi connectivity index (χ3n) is 9.19. The van der Waals surface area contributed by atoms with Gasteiger partial charge >= 0.3 is 0 Å². The largest absolute Gasteiger partial charge is 0.392 e. The van der Waals surface area contributed by atoms with Crippen molar-refractivity contribution in [2.75, 3.05) is 19.6 Å². The minimum Gasteiger partial charge on any atom is -0.392 e. The van der Waals surface area contributed by atoms with E-state index >= 15 is 0 Å². The first kappa shape index (κ1) is 29.6. The van der Waals surface area contributed by atoms with Crippen LogP contribution in [0.1, 0.15) is 81.0 Å². The Kier molecular flexibility index (Phi) is 8.59. The molecular formula is C38H38N2O5. The van der Waals surface area contributed by atoms with Crippen molar-refractivity contribution >= 4 is 11.8 Å². The standard InChI is InChI=1S/C38H38N2O5/c41-25-26-11-13-29(14-12-26)35-22-32(24-39-19-4-1-5-20-39)44-38(45-35)30-17-15-28(16-18-30)31-8-6-7-27(21-31)23-40-36(42)33-9-2-3-10-34(33)37(40)43/h2-3,6-18,21,32,35,38,41H,1,4-5,19-20,22-25H2/t32-,35+,38+/m1/s1. The van der Waals surface area contributed by atoms with Crippen molar-refractivity contribution in [1.29, 1.82) is 0 Å². The Hall–Kier alpha value is -4.14. The number of amides is 2. The van der Waals surface area contributed by atoms with Crippen LogP contribution < -0.4 is 0 Å². The van der Waals surface area contributed by atoms with E-state index in [1.165, 1.54) is 24.2 Å². The molecule has 3 atom stereocenters. The molecule has 4 aromatic rings. The molecule has 0 aliphatic carbocycles. The Morgan fingerprint density at radius 3 is 2.07 bits per heavy atom. The smallest absolute Gasteiger partial charge is 0.261 e. The summed E-state index contributed by atoms with van der Waals surface area (Å²) < 4.78 is 13.1. The van der Waals surface area contributed by atoms with Gasteiger partial charge in [0.2, 0.25) is 0 Å². The number of benzene rings is 4. The second-order valence-electron chi connectivity index (χ2n) is 12.3. The van der Waals surface area contributed by atoms with Crippen molar-refractivity contribution in [3.63, 3.8) is 0 Å². The summed E-state index contributed by atoms with van der Waals surface area (Å²) in [4.78, 5) is 29.6. The molecule has 2 amide bonds. The second-order valence-corrected chi connectivity index (χ2v) is 12.3. The number of fused-ring (bicyclic) bond motifs is 1. The third-order valence-corrected chi connectivity index (χ3v) is 9.19. The predicted molar refractivity (Wildman–Crippen MR) is 171 cm³/mol. The Morgan fingerprint density at radius 1 is 0.689 bits per heavy atom. The van der Waals surface area contributed by atoms with Crippen molar-refractivity contribution in [2.24, 2.45) is 0 Å². The summed E-state index contributed by atoms with van der Waals surface area (Å²) in [5.41, 5.74) is 6.78. The van der Waals surface area contributed by atoms with Crippen molar-refractivity contribution in [3.05, 3.63) is 130 Å². The molecule has 45 heavy (non-hydrogen) atoms. The number of piperidine rings is 1. The van der Waals surface area contributed by atoms with Gasteiger partial charge in [-0.05, 0) is 71.9 Å². The summed E-state index contributed by atoms with van der Waals surface area (Å²) in [6.45, 7) is 3.36. The highest BCUT2D eigenvalue weighted by molar-refractivity contribution is 6.21. The van der Waals surface area contributed by atoms with Gasteiger partial charge in [-0.1, -0.05) is 85.3 Å². The molecular weight excluding hydrogens is 564 g/mol. The van der Waals surface area contributed by atoms with Gasteiger partial charge in [0, 0.05) is 18.5 Å². The highest BCUT2D eigenvalue weighted by atomic mass is 16.7. The molecule has 230 valence electrons. The summed E-state index contributed by atoms with van der Waals surface area (Å²) >= 11 is 0. The first-order valence-electron chi connectivity index (χ1n) is 15.9. The Balaban J connectivity index is 1.08. The minimum absolute atomic E-state index is 0.0210. The summed E-state index contributed by atoms with van der Waals surface area (Å²) in [7, 11) is 0. The first-order valence-corrected chi connectivity index (χ1v) is 15.9. The molecule has 4 aromatic carbocycles. The zero-order valence-corrected chi connectivity index (χ0v) is 25.3. The summed E-state index contributed by atoms with van der Waals surface area (Å²) in [5.74, 6) is -0.502. The maximum atomic E-state index is 12.9. The Morgan fingerprint density at radius 2 is 1.38 bits per heavy atom. The number of likely N-dealkylation sites (tertiary alicyclic amines) is 1. The number of aliphatic hydroxyl groups is 1. The van der Waals surface area contributed by atoms with E-state index in [4.69, 9.17) is 9.47 Å². The fourth-order valence-electron chi connectivity index (χ4n) is 6.71. The van der Waals surface area contributed by atoms with Crippen LogP contribution in [0, 0.1) is 0 Å². The van der Waals surface area contributed by atoms with Crippen LogP contribution in [0.3, 0.4) is 0 Å². The van der Waals surface area contributed by atoms with Crippen LogP contribution in [0.25, 0.3) is 11.1 Å². The summed E-state index contributed by atoms with van der Waals surface area (Å²) in [5, 5.41) is 9.51. The van der Waals surface area contributed by atoms with Gasteiger partial charge in [0.05, 0.1) is 36.5 Å². The number of hydrogen-bond donors (Lipinski definition) is 1. The van der Waals surface area contributed by atoms with Crippen molar-refractivity contribution in [1.82, 2.24) is 9.80 Å². The number of rotatable bonds is 8. The van der Waals surface area contributed by atoms with Crippen LogP contribution >= 0.6 is 0 Å². The highest BCUT2D eigenvalue weighted by Gasteiger charge is 2.35. The highest BCUT2D eigenvalue weighted by Crippen LogP contribution is 2.39. The lowest BCUT2D eigenvalue weighted by molar-refractivity contribution is -0.253. The van der Waals surface area contributed by atoms with Gasteiger partial charge in [-0.2, -0.15) is 0 Å². The number of imide groups is 1. The molecule has 3 aliphatic rings. The quantitative estimate of drug-likeness (QED) is 0.227. The van der Waals surface area contributed by atoms with E-state index in [2.05, 4.69) is 41.3 Å². The summed E-state index contributed by atoms with van der Waals surface area (Å²) in [6.07, 6.45) is 3.99. The molecule has 0 saturated carbocycles. The maximum absolute atomic E-state index is 12.9. The van der Waals surface area contributed by atoms with E-state index in [0.717, 1.165) is 59.4 Å². The third kappa shape index (κ3) is 6.35. The van der Waals surface area contributed by atoms with Crippen LogP contribution in [0.4, 0.5) is 0 Å². The monoisotopic (exact) mass is 602 g/mol. The van der Waals surface area contributed by atoms with Crippen molar-refractivity contribution in [2.45, 2.75) is 57.3 Å². The SMILES string of the molecule is O=C1c2ccccc2C(=O)N1Cc1cccc(-c2ccc([C@H]3O[C@@H](CN4CCCCC4)C[C@@H](c4ccc(CO)cc4)O3)cc2)c1. The Bertz CT molecular complexity index is 1630. The van der Waals surface area contributed by atoms with Crippen LogP contribution in [0.2, 0.25) is 0 Å². The van der Waals surface area contributed by atoms with Crippen molar-refractivity contribution < 1.29 is 24.2 Å². The number of nitrogens with zero attached hydrogens (tertiary/aromatic N) is 2. The lowest BCUT2D eigenvalue weighted by Gasteiger charge is -2.39. The molecule has 7 heteroatoms. The topological polar surface area (TPSA) is 79.3 Å². The molecule has 7 rings (SSSR count). The van der Waals surface area contributed by atoms with Gasteiger partial charge in [0.1, 0.15) is 0 Å². The predicted octanol–water partition coefficient (Wildman–Crippen LogP) is 6.67. The number of hydrogen-bond acceptors (Lipinski definition) is 6.